The molecule has 1 N–H and O–H groups in total. The van der Waals surface area contributed by atoms with Gasteiger partial charge in [0.1, 0.15) is 0 Å². The Morgan fingerprint density at radius 2 is 2.33 bits per heavy atom. The van der Waals surface area contributed by atoms with Crippen LogP contribution in [0.4, 0.5) is 0 Å². The average Bonchev–Trinajstić information content (AvgIpc) is 3.09. The third kappa shape index (κ3) is 3.31. The summed E-state index contributed by atoms with van der Waals surface area (Å²) in [6.45, 7) is 4.26. The maximum atomic E-state index is 4.42. The van der Waals surface area contributed by atoms with Crippen LogP contribution < -0.4 is 5.32 Å². The first kappa shape index (κ1) is 10.6. The summed E-state index contributed by atoms with van der Waals surface area (Å²) < 4.78 is 0. The summed E-state index contributed by atoms with van der Waals surface area (Å²) in [4.78, 5) is 4.42. The van der Waals surface area contributed by atoms with E-state index in [1.807, 2.05) is 12.3 Å². The summed E-state index contributed by atoms with van der Waals surface area (Å²) in [7, 11) is 0. The smallest absolute Gasteiger partial charge is 0.0573 e. The summed E-state index contributed by atoms with van der Waals surface area (Å²) in [5.74, 6) is 1.02. The Morgan fingerprint density at radius 1 is 1.47 bits per heavy atom. The van der Waals surface area contributed by atoms with E-state index in [1.165, 1.54) is 30.5 Å². The van der Waals surface area contributed by atoms with Crippen molar-refractivity contribution in [3.8, 4) is 0 Å². The molecule has 0 unspecified atom stereocenters. The summed E-state index contributed by atoms with van der Waals surface area (Å²) in [5.41, 5.74) is 2.59. The Hall–Kier alpha value is -0.890. The molecule has 0 saturated heterocycles. The Labute approximate surface area is 92.1 Å². The molecule has 1 aliphatic carbocycles. The van der Waals surface area contributed by atoms with Crippen molar-refractivity contribution in [3.63, 3.8) is 0 Å². The first-order valence-corrected chi connectivity index (χ1v) is 6.03. The molecule has 15 heavy (non-hydrogen) atoms. The number of pyridine rings is 1. The van der Waals surface area contributed by atoms with Crippen LogP contribution in [0.1, 0.15) is 37.4 Å². The number of nitrogens with one attached hydrogen (secondary N) is 1. The van der Waals surface area contributed by atoms with E-state index in [9.17, 15) is 0 Å². The van der Waals surface area contributed by atoms with Crippen LogP contribution in [0.15, 0.2) is 18.3 Å². The minimum absolute atomic E-state index is 0.927. The minimum Gasteiger partial charge on any atom is -0.311 e. The number of aryl methyl sites for hydroxylation is 1. The highest BCUT2D eigenvalue weighted by molar-refractivity contribution is 5.19. The molecule has 2 nitrogen and oxygen atoms in total. The maximum Gasteiger partial charge on any atom is 0.0573 e. The number of aromatic nitrogens is 1. The summed E-state index contributed by atoms with van der Waals surface area (Å²) in [6, 6.07) is 4.19. The van der Waals surface area contributed by atoms with Gasteiger partial charge in [-0.25, -0.2) is 0 Å². The largest absolute Gasteiger partial charge is 0.311 e. The fourth-order valence-corrected chi connectivity index (χ4v) is 1.87. The molecule has 0 aliphatic heterocycles. The summed E-state index contributed by atoms with van der Waals surface area (Å²) in [5, 5.41) is 3.49. The highest BCUT2D eigenvalue weighted by atomic mass is 14.9. The van der Waals surface area contributed by atoms with Crippen molar-refractivity contribution in [2.75, 3.05) is 6.54 Å². The molecule has 0 spiro atoms. The maximum absolute atomic E-state index is 4.42. The lowest BCUT2D eigenvalue weighted by Gasteiger charge is -2.07. The Kier molecular flexibility index (Phi) is 3.73. The van der Waals surface area contributed by atoms with Gasteiger partial charge in [-0.2, -0.15) is 0 Å². The van der Waals surface area contributed by atoms with E-state index in [1.54, 1.807) is 0 Å². The molecule has 2 rings (SSSR count). The normalized spacial score (nSPS) is 15.5. The van der Waals surface area contributed by atoms with E-state index in [2.05, 4.69) is 23.3 Å². The van der Waals surface area contributed by atoms with Crippen molar-refractivity contribution < 1.29 is 0 Å². The molecule has 0 amide bonds. The highest BCUT2D eigenvalue weighted by Gasteiger charge is 2.19. The van der Waals surface area contributed by atoms with Gasteiger partial charge in [0, 0.05) is 12.7 Å². The van der Waals surface area contributed by atoms with Crippen LogP contribution in [0.5, 0.6) is 0 Å². The van der Waals surface area contributed by atoms with Gasteiger partial charge in [-0.3, -0.25) is 4.98 Å². The second-order valence-electron chi connectivity index (χ2n) is 4.37. The lowest BCUT2D eigenvalue weighted by Crippen LogP contribution is -2.17. The van der Waals surface area contributed by atoms with E-state index in [4.69, 9.17) is 0 Å². The predicted molar refractivity (Wildman–Crippen MR) is 62.7 cm³/mol. The van der Waals surface area contributed by atoms with E-state index < -0.39 is 0 Å². The van der Waals surface area contributed by atoms with Crippen LogP contribution in [-0.2, 0) is 13.0 Å². The lowest BCUT2D eigenvalue weighted by molar-refractivity contribution is 0.604. The first-order chi connectivity index (χ1) is 7.40. The molecule has 2 heteroatoms. The predicted octanol–water partition coefficient (Wildman–Crippen LogP) is 2.53. The Bertz CT molecular complexity index is 305. The number of hydrogen-bond donors (Lipinski definition) is 1. The molecule has 1 fully saturated rings. The fraction of sp³-hybridized carbons (Fsp3) is 0.615. The molecule has 1 aromatic rings. The van der Waals surface area contributed by atoms with Gasteiger partial charge < -0.3 is 5.32 Å². The van der Waals surface area contributed by atoms with Crippen LogP contribution in [0.25, 0.3) is 0 Å². The zero-order valence-corrected chi connectivity index (χ0v) is 9.50. The summed E-state index contributed by atoms with van der Waals surface area (Å²) >= 11 is 0. The van der Waals surface area contributed by atoms with E-state index in [0.29, 0.717) is 0 Å². The fourth-order valence-electron chi connectivity index (χ4n) is 1.87. The van der Waals surface area contributed by atoms with Crippen molar-refractivity contribution in [1.29, 1.82) is 0 Å². The second-order valence-corrected chi connectivity index (χ2v) is 4.37. The van der Waals surface area contributed by atoms with Crippen LogP contribution in [0, 0.1) is 5.92 Å². The van der Waals surface area contributed by atoms with E-state index in [-0.39, 0.29) is 0 Å². The van der Waals surface area contributed by atoms with Crippen LogP contribution in [-0.4, -0.2) is 11.5 Å². The third-order valence-corrected chi connectivity index (χ3v) is 3.08. The molecule has 0 bridgehead atoms. The lowest BCUT2D eigenvalue weighted by atomic mass is 10.1. The van der Waals surface area contributed by atoms with Crippen LogP contribution in [0.3, 0.4) is 0 Å². The number of rotatable bonds is 6. The van der Waals surface area contributed by atoms with Gasteiger partial charge in [-0.15, -0.1) is 0 Å². The van der Waals surface area contributed by atoms with Crippen molar-refractivity contribution in [1.82, 2.24) is 10.3 Å². The minimum atomic E-state index is 0.927. The standard InChI is InChI=1S/C13H20N2/c1-2-12-4-3-8-15-13(12)10-14-9-7-11-5-6-11/h3-4,8,11,14H,2,5-7,9-10H2,1H3. The quantitative estimate of drug-likeness (QED) is 0.720. The summed E-state index contributed by atoms with van der Waals surface area (Å²) in [6.07, 6.45) is 7.20. The molecule has 0 radical (unpaired) electrons. The molecule has 0 atom stereocenters. The first-order valence-electron chi connectivity index (χ1n) is 6.03. The van der Waals surface area contributed by atoms with Gasteiger partial charge in [0.25, 0.3) is 0 Å². The molecular formula is C13H20N2. The van der Waals surface area contributed by atoms with Gasteiger partial charge >= 0.3 is 0 Å². The van der Waals surface area contributed by atoms with Crippen LogP contribution >= 0.6 is 0 Å². The van der Waals surface area contributed by atoms with Gasteiger partial charge in [0.15, 0.2) is 0 Å². The molecule has 1 aliphatic rings. The Morgan fingerprint density at radius 3 is 3.07 bits per heavy atom. The van der Waals surface area contributed by atoms with E-state index in [0.717, 1.165) is 25.4 Å². The van der Waals surface area contributed by atoms with Gasteiger partial charge in [-0.1, -0.05) is 25.8 Å². The van der Waals surface area contributed by atoms with Crippen molar-refractivity contribution >= 4 is 0 Å². The van der Waals surface area contributed by atoms with Gasteiger partial charge in [-0.05, 0) is 36.9 Å². The van der Waals surface area contributed by atoms with E-state index >= 15 is 0 Å². The molecule has 1 heterocycles. The third-order valence-electron chi connectivity index (χ3n) is 3.08. The SMILES string of the molecule is CCc1cccnc1CNCCC1CC1. The van der Waals surface area contributed by atoms with Crippen molar-refractivity contribution in [3.05, 3.63) is 29.6 Å². The average molecular weight is 204 g/mol. The zero-order chi connectivity index (χ0) is 10.5. The van der Waals surface area contributed by atoms with Crippen molar-refractivity contribution in [2.45, 2.75) is 39.2 Å². The topological polar surface area (TPSA) is 24.9 Å². The number of hydrogen-bond acceptors (Lipinski definition) is 2. The molecule has 1 saturated carbocycles. The van der Waals surface area contributed by atoms with Gasteiger partial charge in [0.2, 0.25) is 0 Å². The second kappa shape index (κ2) is 5.26. The molecule has 1 aromatic heterocycles. The van der Waals surface area contributed by atoms with Crippen LogP contribution in [0.2, 0.25) is 0 Å². The molecule has 0 aromatic carbocycles. The highest BCUT2D eigenvalue weighted by Crippen LogP contribution is 2.31. The molecular weight excluding hydrogens is 184 g/mol. The number of nitrogens with zero attached hydrogens (tertiary/aromatic N) is 1. The van der Waals surface area contributed by atoms with Gasteiger partial charge in [0.05, 0.1) is 5.69 Å². The molecule has 82 valence electrons. The van der Waals surface area contributed by atoms with Crippen molar-refractivity contribution in [2.24, 2.45) is 5.92 Å². The Balaban J connectivity index is 1.75. The zero-order valence-electron chi connectivity index (χ0n) is 9.50. The monoisotopic (exact) mass is 204 g/mol.